The summed E-state index contributed by atoms with van der Waals surface area (Å²) < 4.78 is 0. The Morgan fingerprint density at radius 2 is 1.80 bits per heavy atom. The van der Waals surface area contributed by atoms with Gasteiger partial charge in [0.05, 0.1) is 18.4 Å². The average Bonchev–Trinajstić information content (AvgIpc) is 2.88. The summed E-state index contributed by atoms with van der Waals surface area (Å²) in [5.41, 5.74) is -0.536. The standard InChI is InChI=1S/C14H24N2O4/c1-8(2)6-15-9(17)7-16(5)12(18)10-11(13(19)20)14(10,3)4/h8,10-11H,6-7H2,1-5H3,(H,15,17)(H,19,20). The normalized spacial score (nSPS) is 23.3. The van der Waals surface area contributed by atoms with Crippen LogP contribution in [0.1, 0.15) is 27.7 Å². The van der Waals surface area contributed by atoms with E-state index in [1.54, 1.807) is 13.8 Å². The van der Waals surface area contributed by atoms with E-state index in [0.29, 0.717) is 12.5 Å². The van der Waals surface area contributed by atoms with Crippen molar-refractivity contribution in [2.75, 3.05) is 20.1 Å². The van der Waals surface area contributed by atoms with E-state index in [1.165, 1.54) is 11.9 Å². The molecule has 0 heterocycles. The number of nitrogens with zero attached hydrogens (tertiary/aromatic N) is 1. The van der Waals surface area contributed by atoms with Crippen molar-refractivity contribution in [1.82, 2.24) is 10.2 Å². The van der Waals surface area contributed by atoms with Gasteiger partial charge in [-0.2, -0.15) is 0 Å². The van der Waals surface area contributed by atoms with Crippen LogP contribution in [0.4, 0.5) is 0 Å². The average molecular weight is 284 g/mol. The molecule has 0 radical (unpaired) electrons. The summed E-state index contributed by atoms with van der Waals surface area (Å²) in [7, 11) is 1.53. The van der Waals surface area contributed by atoms with E-state index in [1.807, 2.05) is 13.8 Å². The molecule has 0 aromatic rings. The second-order valence-electron chi connectivity index (χ2n) is 6.51. The predicted molar refractivity (Wildman–Crippen MR) is 73.9 cm³/mol. The van der Waals surface area contributed by atoms with Crippen LogP contribution in [0, 0.1) is 23.2 Å². The number of hydrogen-bond donors (Lipinski definition) is 2. The molecule has 1 aliphatic carbocycles. The van der Waals surface area contributed by atoms with E-state index < -0.39 is 23.2 Å². The molecule has 20 heavy (non-hydrogen) atoms. The number of amides is 2. The summed E-state index contributed by atoms with van der Waals surface area (Å²) >= 11 is 0. The Hall–Kier alpha value is -1.59. The van der Waals surface area contributed by atoms with Gasteiger partial charge in [-0.15, -0.1) is 0 Å². The minimum atomic E-state index is -0.953. The smallest absolute Gasteiger partial charge is 0.307 e. The Kier molecular flexibility index (Phi) is 4.78. The number of nitrogens with one attached hydrogen (secondary N) is 1. The molecule has 114 valence electrons. The molecule has 0 aromatic heterocycles. The van der Waals surface area contributed by atoms with Crippen LogP contribution in [0.2, 0.25) is 0 Å². The predicted octanol–water partition coefficient (Wildman–Crippen LogP) is 0.574. The third-order valence-corrected chi connectivity index (χ3v) is 3.82. The van der Waals surface area contributed by atoms with Crippen molar-refractivity contribution in [2.45, 2.75) is 27.7 Å². The SMILES string of the molecule is CC(C)CNC(=O)CN(C)C(=O)C1C(C(=O)O)C1(C)C. The molecule has 0 aliphatic heterocycles. The molecular formula is C14H24N2O4. The van der Waals surface area contributed by atoms with E-state index in [0.717, 1.165) is 0 Å². The fourth-order valence-electron chi connectivity index (χ4n) is 2.46. The first-order chi connectivity index (χ1) is 9.09. The summed E-state index contributed by atoms with van der Waals surface area (Å²) in [4.78, 5) is 36.2. The van der Waals surface area contributed by atoms with Crippen molar-refractivity contribution in [3.8, 4) is 0 Å². The molecule has 0 saturated heterocycles. The van der Waals surface area contributed by atoms with Crippen molar-refractivity contribution in [3.63, 3.8) is 0 Å². The molecule has 1 aliphatic rings. The van der Waals surface area contributed by atoms with Gasteiger partial charge >= 0.3 is 5.97 Å². The number of hydrogen-bond acceptors (Lipinski definition) is 3. The Labute approximate surface area is 119 Å². The number of carboxylic acid groups (broad SMARTS) is 1. The van der Waals surface area contributed by atoms with Crippen LogP contribution in [0.15, 0.2) is 0 Å². The van der Waals surface area contributed by atoms with Gasteiger partial charge in [0.15, 0.2) is 0 Å². The second kappa shape index (κ2) is 5.81. The molecule has 0 spiro atoms. The Bertz CT molecular complexity index is 417. The Morgan fingerprint density at radius 3 is 2.20 bits per heavy atom. The van der Waals surface area contributed by atoms with Gasteiger partial charge in [0.2, 0.25) is 11.8 Å². The van der Waals surface area contributed by atoms with Gasteiger partial charge in [0.25, 0.3) is 0 Å². The maximum absolute atomic E-state index is 12.2. The molecule has 2 unspecified atom stereocenters. The number of carbonyl (C=O) groups is 3. The summed E-state index contributed by atoms with van der Waals surface area (Å²) in [6.07, 6.45) is 0. The highest BCUT2D eigenvalue weighted by Gasteiger charge is 2.66. The topological polar surface area (TPSA) is 86.7 Å². The zero-order valence-corrected chi connectivity index (χ0v) is 12.8. The lowest BCUT2D eigenvalue weighted by molar-refractivity contribution is -0.142. The highest BCUT2D eigenvalue weighted by Crippen LogP contribution is 2.58. The second-order valence-corrected chi connectivity index (χ2v) is 6.51. The maximum Gasteiger partial charge on any atom is 0.307 e. The van der Waals surface area contributed by atoms with Gasteiger partial charge < -0.3 is 15.3 Å². The summed E-state index contributed by atoms with van der Waals surface area (Å²) in [5.74, 6) is -2.30. The first-order valence-electron chi connectivity index (χ1n) is 6.83. The Balaban J connectivity index is 2.53. The van der Waals surface area contributed by atoms with Crippen molar-refractivity contribution < 1.29 is 19.5 Å². The number of carbonyl (C=O) groups excluding carboxylic acids is 2. The van der Waals surface area contributed by atoms with E-state index in [-0.39, 0.29) is 18.4 Å². The first-order valence-corrected chi connectivity index (χ1v) is 6.83. The monoisotopic (exact) mass is 284 g/mol. The maximum atomic E-state index is 12.2. The highest BCUT2D eigenvalue weighted by molar-refractivity contribution is 5.93. The summed E-state index contributed by atoms with van der Waals surface area (Å²) in [5, 5.41) is 11.8. The minimum Gasteiger partial charge on any atom is -0.481 e. The zero-order valence-electron chi connectivity index (χ0n) is 12.8. The van der Waals surface area contributed by atoms with Crippen molar-refractivity contribution in [2.24, 2.45) is 23.2 Å². The molecule has 0 bridgehead atoms. The quantitative estimate of drug-likeness (QED) is 0.746. The number of aliphatic carboxylic acids is 1. The molecule has 2 atom stereocenters. The zero-order chi connectivity index (χ0) is 15.7. The fourth-order valence-corrected chi connectivity index (χ4v) is 2.46. The third kappa shape index (κ3) is 3.49. The largest absolute Gasteiger partial charge is 0.481 e. The van der Waals surface area contributed by atoms with Crippen LogP contribution in [0.3, 0.4) is 0 Å². The first kappa shape index (κ1) is 16.5. The van der Waals surface area contributed by atoms with Crippen LogP contribution >= 0.6 is 0 Å². The van der Waals surface area contributed by atoms with Crippen LogP contribution in [-0.4, -0.2) is 47.9 Å². The van der Waals surface area contributed by atoms with Crippen molar-refractivity contribution >= 4 is 17.8 Å². The lowest BCUT2D eigenvalue weighted by atomic mass is 10.1. The van der Waals surface area contributed by atoms with Gasteiger partial charge in [-0.05, 0) is 11.3 Å². The van der Waals surface area contributed by atoms with Crippen LogP contribution in [0.25, 0.3) is 0 Å². The van der Waals surface area contributed by atoms with Crippen molar-refractivity contribution in [3.05, 3.63) is 0 Å². The summed E-state index contributed by atoms with van der Waals surface area (Å²) in [6.45, 7) is 8.03. The van der Waals surface area contributed by atoms with E-state index >= 15 is 0 Å². The van der Waals surface area contributed by atoms with E-state index in [4.69, 9.17) is 5.11 Å². The van der Waals surface area contributed by atoms with Crippen molar-refractivity contribution in [1.29, 1.82) is 0 Å². The molecule has 6 heteroatoms. The molecule has 0 aromatic carbocycles. The lowest BCUT2D eigenvalue weighted by Crippen LogP contribution is -2.40. The molecule has 2 amide bonds. The molecule has 1 fully saturated rings. The van der Waals surface area contributed by atoms with E-state index in [2.05, 4.69) is 5.32 Å². The lowest BCUT2D eigenvalue weighted by Gasteiger charge is -2.18. The third-order valence-electron chi connectivity index (χ3n) is 3.82. The number of rotatable bonds is 6. The molecule has 1 saturated carbocycles. The molecule has 6 nitrogen and oxygen atoms in total. The summed E-state index contributed by atoms with van der Waals surface area (Å²) in [6, 6.07) is 0. The van der Waals surface area contributed by atoms with Gasteiger partial charge in [-0.1, -0.05) is 27.7 Å². The highest BCUT2D eigenvalue weighted by atomic mass is 16.4. The molecule has 2 N–H and O–H groups in total. The van der Waals surface area contributed by atoms with Crippen LogP contribution in [-0.2, 0) is 14.4 Å². The van der Waals surface area contributed by atoms with Crippen LogP contribution in [0.5, 0.6) is 0 Å². The van der Waals surface area contributed by atoms with E-state index in [9.17, 15) is 14.4 Å². The van der Waals surface area contributed by atoms with Gasteiger partial charge in [0, 0.05) is 13.6 Å². The Morgan fingerprint density at radius 1 is 1.25 bits per heavy atom. The number of likely N-dealkylation sites (N-methyl/N-ethyl adjacent to an activating group) is 1. The minimum absolute atomic E-state index is 0.0372. The molecule has 1 rings (SSSR count). The molecular weight excluding hydrogens is 260 g/mol. The number of carboxylic acids is 1. The van der Waals surface area contributed by atoms with Gasteiger partial charge in [0.1, 0.15) is 0 Å². The van der Waals surface area contributed by atoms with Gasteiger partial charge in [-0.3, -0.25) is 14.4 Å². The van der Waals surface area contributed by atoms with Gasteiger partial charge in [-0.25, -0.2) is 0 Å². The van der Waals surface area contributed by atoms with Crippen LogP contribution < -0.4 is 5.32 Å². The fraction of sp³-hybridized carbons (Fsp3) is 0.786.